The summed E-state index contributed by atoms with van der Waals surface area (Å²) < 4.78 is 0. The summed E-state index contributed by atoms with van der Waals surface area (Å²) in [5, 5.41) is 11.1. The first kappa shape index (κ1) is 14.6. The van der Waals surface area contributed by atoms with Crippen LogP contribution in [0.15, 0.2) is 6.20 Å². The van der Waals surface area contributed by atoms with Crippen molar-refractivity contribution in [3.8, 4) is 0 Å². The van der Waals surface area contributed by atoms with Crippen LogP contribution in [0.1, 0.15) is 46.5 Å². The number of hydrogen-bond donors (Lipinski definition) is 3. The lowest BCUT2D eigenvalue weighted by molar-refractivity contribution is 0.342. The van der Waals surface area contributed by atoms with Gasteiger partial charge >= 0.3 is 0 Å². The van der Waals surface area contributed by atoms with Gasteiger partial charge in [-0.15, -0.1) is 0 Å². The van der Waals surface area contributed by atoms with Crippen molar-refractivity contribution in [3.05, 3.63) is 6.20 Å². The van der Waals surface area contributed by atoms with Crippen LogP contribution in [0.4, 0.5) is 11.8 Å². The molecule has 0 saturated carbocycles. The second-order valence-corrected chi connectivity index (χ2v) is 6.04. The Balaban J connectivity index is 2.03. The molecule has 6 nitrogen and oxygen atoms in total. The van der Waals surface area contributed by atoms with Gasteiger partial charge in [-0.25, -0.2) is 0 Å². The largest absolute Gasteiger partial charge is 0.369 e. The van der Waals surface area contributed by atoms with E-state index in [2.05, 4.69) is 46.3 Å². The summed E-state index contributed by atoms with van der Waals surface area (Å²) in [6.45, 7) is 7.62. The zero-order chi connectivity index (χ0) is 14.6. The van der Waals surface area contributed by atoms with Gasteiger partial charge in [0.1, 0.15) is 5.82 Å². The number of unbranched alkanes of at least 4 members (excludes halogenated alkanes) is 2. The molecule has 0 atom stereocenters. The van der Waals surface area contributed by atoms with E-state index in [0.717, 1.165) is 17.7 Å². The fourth-order valence-corrected chi connectivity index (χ4v) is 2.25. The van der Waals surface area contributed by atoms with Gasteiger partial charge in [0.25, 0.3) is 0 Å². The Labute approximate surface area is 119 Å². The molecule has 4 N–H and O–H groups in total. The lowest BCUT2D eigenvalue weighted by Crippen LogP contribution is -2.23. The first-order chi connectivity index (χ1) is 9.52. The van der Waals surface area contributed by atoms with Crippen molar-refractivity contribution in [1.29, 1.82) is 0 Å². The average Bonchev–Trinajstić information content (AvgIpc) is 2.84. The van der Waals surface area contributed by atoms with Crippen molar-refractivity contribution in [2.24, 2.45) is 5.41 Å². The second kappa shape index (κ2) is 6.07. The van der Waals surface area contributed by atoms with Crippen LogP contribution >= 0.6 is 0 Å². The average molecular weight is 276 g/mol. The molecule has 2 aromatic heterocycles. The predicted molar refractivity (Wildman–Crippen MR) is 82.5 cm³/mol. The molecule has 6 heteroatoms. The maximum atomic E-state index is 5.71. The van der Waals surface area contributed by atoms with Crippen LogP contribution < -0.4 is 11.1 Å². The molecule has 0 bridgehead atoms. The number of aromatic amines is 1. The van der Waals surface area contributed by atoms with Gasteiger partial charge in [-0.05, 0) is 11.8 Å². The van der Waals surface area contributed by atoms with Crippen molar-refractivity contribution in [3.63, 3.8) is 0 Å². The first-order valence-electron chi connectivity index (χ1n) is 7.22. The topological polar surface area (TPSA) is 92.5 Å². The smallest absolute Gasteiger partial charge is 0.224 e. The summed E-state index contributed by atoms with van der Waals surface area (Å²) in [6, 6.07) is 0. The number of nitrogens with two attached hydrogens (primary N) is 1. The summed E-state index contributed by atoms with van der Waals surface area (Å²) in [5.41, 5.74) is 6.61. The van der Waals surface area contributed by atoms with E-state index in [1.165, 1.54) is 25.7 Å². The molecule has 2 aromatic rings. The minimum Gasteiger partial charge on any atom is -0.369 e. The number of H-pyrrole nitrogens is 1. The number of fused-ring (bicyclic) bond motifs is 1. The van der Waals surface area contributed by atoms with E-state index in [0.29, 0.717) is 5.65 Å². The SMILES string of the molecule is CCCCCC(C)(C)CNc1nc(N)nc2[nH]ncc12. The Bertz CT molecular complexity index is 560. The molecular formula is C14H24N6. The van der Waals surface area contributed by atoms with Crippen molar-refractivity contribution < 1.29 is 0 Å². The van der Waals surface area contributed by atoms with E-state index in [1.807, 2.05) is 0 Å². The minimum absolute atomic E-state index is 0.227. The molecule has 0 fully saturated rings. The quantitative estimate of drug-likeness (QED) is 0.676. The molecule has 0 spiro atoms. The normalized spacial score (nSPS) is 11.9. The van der Waals surface area contributed by atoms with Gasteiger partial charge in [-0.3, -0.25) is 5.10 Å². The molecule has 0 unspecified atom stereocenters. The van der Waals surface area contributed by atoms with Crippen LogP contribution in [0.3, 0.4) is 0 Å². The molecule has 20 heavy (non-hydrogen) atoms. The van der Waals surface area contributed by atoms with Gasteiger partial charge in [0, 0.05) is 6.54 Å². The predicted octanol–water partition coefficient (Wildman–Crippen LogP) is 2.95. The Morgan fingerprint density at radius 1 is 1.30 bits per heavy atom. The van der Waals surface area contributed by atoms with Gasteiger partial charge < -0.3 is 11.1 Å². The minimum atomic E-state index is 0.227. The monoisotopic (exact) mass is 276 g/mol. The summed E-state index contributed by atoms with van der Waals surface area (Å²) in [4.78, 5) is 8.38. The van der Waals surface area contributed by atoms with Crippen LogP contribution in [0, 0.1) is 5.41 Å². The second-order valence-electron chi connectivity index (χ2n) is 6.04. The van der Waals surface area contributed by atoms with Crippen molar-refractivity contribution in [2.75, 3.05) is 17.6 Å². The maximum Gasteiger partial charge on any atom is 0.224 e. The number of nitrogen functional groups attached to an aromatic ring is 1. The lowest BCUT2D eigenvalue weighted by Gasteiger charge is -2.25. The van der Waals surface area contributed by atoms with E-state index in [-0.39, 0.29) is 11.4 Å². The Morgan fingerprint density at radius 3 is 2.85 bits per heavy atom. The summed E-state index contributed by atoms with van der Waals surface area (Å²) in [6.07, 6.45) is 6.72. The molecule has 0 radical (unpaired) electrons. The molecule has 2 heterocycles. The van der Waals surface area contributed by atoms with E-state index < -0.39 is 0 Å². The number of rotatable bonds is 7. The Morgan fingerprint density at radius 2 is 2.10 bits per heavy atom. The van der Waals surface area contributed by atoms with E-state index in [9.17, 15) is 0 Å². The third-order valence-corrected chi connectivity index (χ3v) is 3.52. The van der Waals surface area contributed by atoms with Gasteiger partial charge in [0.05, 0.1) is 11.6 Å². The molecule has 2 rings (SSSR count). The fourth-order valence-electron chi connectivity index (χ4n) is 2.25. The van der Waals surface area contributed by atoms with Gasteiger partial charge in [0.2, 0.25) is 5.95 Å². The zero-order valence-electron chi connectivity index (χ0n) is 12.5. The Hall–Kier alpha value is -1.85. The molecule has 0 aliphatic carbocycles. The maximum absolute atomic E-state index is 5.71. The van der Waals surface area contributed by atoms with Crippen LogP contribution in [0.5, 0.6) is 0 Å². The molecule has 0 aliphatic rings. The number of hydrogen-bond acceptors (Lipinski definition) is 5. The Kier molecular flexibility index (Phi) is 4.42. The number of nitrogens with zero attached hydrogens (tertiary/aromatic N) is 3. The summed E-state index contributed by atoms with van der Waals surface area (Å²) in [5.74, 6) is 1.01. The fraction of sp³-hybridized carbons (Fsp3) is 0.643. The van der Waals surface area contributed by atoms with Gasteiger partial charge in [0.15, 0.2) is 5.65 Å². The molecule has 0 aliphatic heterocycles. The third-order valence-electron chi connectivity index (χ3n) is 3.52. The van der Waals surface area contributed by atoms with Crippen molar-refractivity contribution >= 4 is 22.8 Å². The van der Waals surface area contributed by atoms with Crippen LogP contribution in [-0.2, 0) is 0 Å². The molecular weight excluding hydrogens is 252 g/mol. The van der Waals surface area contributed by atoms with E-state index >= 15 is 0 Å². The molecule has 0 aromatic carbocycles. The third kappa shape index (κ3) is 3.59. The van der Waals surface area contributed by atoms with Crippen molar-refractivity contribution in [1.82, 2.24) is 20.2 Å². The highest BCUT2D eigenvalue weighted by atomic mass is 15.2. The summed E-state index contributed by atoms with van der Waals surface area (Å²) >= 11 is 0. The number of aromatic nitrogens is 4. The van der Waals surface area contributed by atoms with Gasteiger partial charge in [-0.1, -0.05) is 40.0 Å². The zero-order valence-corrected chi connectivity index (χ0v) is 12.5. The highest BCUT2D eigenvalue weighted by Crippen LogP contribution is 2.26. The van der Waals surface area contributed by atoms with Gasteiger partial charge in [-0.2, -0.15) is 15.1 Å². The highest BCUT2D eigenvalue weighted by molar-refractivity contribution is 5.86. The van der Waals surface area contributed by atoms with Crippen LogP contribution in [0.2, 0.25) is 0 Å². The molecule has 0 saturated heterocycles. The van der Waals surface area contributed by atoms with Crippen LogP contribution in [-0.4, -0.2) is 26.7 Å². The van der Waals surface area contributed by atoms with Crippen molar-refractivity contribution in [2.45, 2.75) is 46.5 Å². The number of nitrogens with one attached hydrogen (secondary N) is 2. The first-order valence-corrected chi connectivity index (χ1v) is 7.22. The number of anilines is 2. The van der Waals surface area contributed by atoms with Crippen LogP contribution in [0.25, 0.3) is 11.0 Å². The van der Waals surface area contributed by atoms with E-state index in [1.54, 1.807) is 6.20 Å². The summed E-state index contributed by atoms with van der Waals surface area (Å²) in [7, 11) is 0. The molecule has 110 valence electrons. The molecule has 0 amide bonds. The van der Waals surface area contributed by atoms with E-state index in [4.69, 9.17) is 5.73 Å². The standard InChI is InChI=1S/C14H24N6/c1-4-5-6-7-14(2,3)9-16-11-10-8-17-20-12(10)19-13(15)18-11/h8H,4-7,9H2,1-3H3,(H4,15,16,17,18,19,20). The highest BCUT2D eigenvalue weighted by Gasteiger charge is 2.18. The lowest BCUT2D eigenvalue weighted by atomic mass is 9.87.